The highest BCUT2D eigenvalue weighted by atomic mass is 32.2. The lowest BCUT2D eigenvalue weighted by molar-refractivity contribution is -0.00615. The summed E-state index contributed by atoms with van der Waals surface area (Å²) >= 11 is 1.99. The summed E-state index contributed by atoms with van der Waals surface area (Å²) in [6, 6.07) is 8.80. The number of aliphatic hydroxyl groups is 1. The molecule has 0 amide bonds. The molecule has 0 spiro atoms. The van der Waals surface area contributed by atoms with Crippen LogP contribution in [0.2, 0.25) is 0 Å². The van der Waals surface area contributed by atoms with Crippen LogP contribution in [0, 0.1) is 0 Å². The van der Waals surface area contributed by atoms with Crippen molar-refractivity contribution in [2.45, 2.75) is 36.2 Å². The van der Waals surface area contributed by atoms with Crippen molar-refractivity contribution in [2.24, 2.45) is 0 Å². The summed E-state index contributed by atoms with van der Waals surface area (Å²) < 4.78 is 0. The molecule has 0 saturated carbocycles. The SMILES string of the molecule is CC1(O)CCN(CC2CSc3ccccc32)CC1. The fourth-order valence-electron chi connectivity index (χ4n) is 2.91. The fourth-order valence-corrected chi connectivity index (χ4v) is 4.15. The van der Waals surface area contributed by atoms with E-state index in [2.05, 4.69) is 29.2 Å². The van der Waals surface area contributed by atoms with Gasteiger partial charge in [0.2, 0.25) is 0 Å². The monoisotopic (exact) mass is 263 g/mol. The predicted molar refractivity (Wildman–Crippen MR) is 76.2 cm³/mol. The van der Waals surface area contributed by atoms with Gasteiger partial charge in [-0.15, -0.1) is 11.8 Å². The lowest BCUT2D eigenvalue weighted by Gasteiger charge is -2.36. The standard InChI is InChI=1S/C15H21NOS/c1-15(17)6-8-16(9-7-15)10-12-11-18-14-5-3-2-4-13(12)14/h2-5,12,17H,6-11H2,1H3. The summed E-state index contributed by atoms with van der Waals surface area (Å²) in [6.45, 7) is 5.19. The summed E-state index contributed by atoms with van der Waals surface area (Å²) in [5.74, 6) is 1.89. The Morgan fingerprint density at radius 1 is 1.33 bits per heavy atom. The quantitative estimate of drug-likeness (QED) is 0.887. The molecular formula is C15H21NOS. The number of fused-ring (bicyclic) bond motifs is 1. The van der Waals surface area contributed by atoms with Crippen LogP contribution in [0.3, 0.4) is 0 Å². The van der Waals surface area contributed by atoms with Gasteiger partial charge in [-0.2, -0.15) is 0 Å². The largest absolute Gasteiger partial charge is 0.390 e. The Morgan fingerprint density at radius 2 is 2.06 bits per heavy atom. The third-order valence-electron chi connectivity index (χ3n) is 4.21. The van der Waals surface area contributed by atoms with Gasteiger partial charge in [-0.05, 0) is 31.4 Å². The zero-order valence-corrected chi connectivity index (χ0v) is 11.7. The molecule has 1 unspecified atom stereocenters. The van der Waals surface area contributed by atoms with E-state index in [0.29, 0.717) is 5.92 Å². The topological polar surface area (TPSA) is 23.5 Å². The van der Waals surface area contributed by atoms with Crippen molar-refractivity contribution in [3.8, 4) is 0 Å². The van der Waals surface area contributed by atoms with Crippen molar-refractivity contribution in [3.63, 3.8) is 0 Å². The van der Waals surface area contributed by atoms with Gasteiger partial charge in [0.05, 0.1) is 5.60 Å². The molecule has 3 rings (SSSR count). The third kappa shape index (κ3) is 2.58. The van der Waals surface area contributed by atoms with Gasteiger partial charge in [-0.3, -0.25) is 0 Å². The van der Waals surface area contributed by atoms with Crippen LogP contribution in [0.5, 0.6) is 0 Å². The van der Waals surface area contributed by atoms with Gasteiger partial charge in [0, 0.05) is 36.2 Å². The Labute approximate surface area is 113 Å². The Balaban J connectivity index is 1.62. The molecule has 0 bridgehead atoms. The van der Waals surface area contributed by atoms with Gasteiger partial charge in [0.25, 0.3) is 0 Å². The van der Waals surface area contributed by atoms with Crippen molar-refractivity contribution in [3.05, 3.63) is 29.8 Å². The van der Waals surface area contributed by atoms with Crippen LogP contribution in [-0.2, 0) is 0 Å². The van der Waals surface area contributed by atoms with Gasteiger partial charge in [0.1, 0.15) is 0 Å². The lowest BCUT2D eigenvalue weighted by Crippen LogP contribution is -2.43. The molecule has 0 aliphatic carbocycles. The van der Waals surface area contributed by atoms with E-state index in [4.69, 9.17) is 0 Å². The molecule has 1 fully saturated rings. The minimum atomic E-state index is -0.432. The normalized spacial score (nSPS) is 27.1. The molecule has 3 heteroatoms. The van der Waals surface area contributed by atoms with Gasteiger partial charge in [-0.1, -0.05) is 18.2 Å². The molecular weight excluding hydrogens is 242 g/mol. The molecule has 2 heterocycles. The lowest BCUT2D eigenvalue weighted by atomic mass is 9.92. The van der Waals surface area contributed by atoms with E-state index >= 15 is 0 Å². The van der Waals surface area contributed by atoms with Crippen LogP contribution in [0.25, 0.3) is 0 Å². The molecule has 2 nitrogen and oxygen atoms in total. The van der Waals surface area contributed by atoms with Crippen molar-refractivity contribution in [1.82, 2.24) is 4.90 Å². The predicted octanol–water partition coefficient (Wildman–Crippen LogP) is 2.72. The average molecular weight is 263 g/mol. The molecule has 0 aromatic heterocycles. The molecule has 0 radical (unpaired) electrons. The van der Waals surface area contributed by atoms with Gasteiger partial charge in [-0.25, -0.2) is 0 Å². The second-order valence-electron chi connectivity index (χ2n) is 5.84. The van der Waals surface area contributed by atoms with Crippen LogP contribution >= 0.6 is 11.8 Å². The highest BCUT2D eigenvalue weighted by Crippen LogP contribution is 2.40. The second kappa shape index (κ2) is 4.87. The van der Waals surface area contributed by atoms with Crippen molar-refractivity contribution in [2.75, 3.05) is 25.4 Å². The van der Waals surface area contributed by atoms with E-state index in [0.717, 1.165) is 32.5 Å². The van der Waals surface area contributed by atoms with Gasteiger partial charge in [0.15, 0.2) is 0 Å². The first-order valence-corrected chi connectivity index (χ1v) is 7.79. The molecule has 2 aliphatic rings. The number of piperidine rings is 1. The van der Waals surface area contributed by atoms with Crippen LogP contribution in [0.4, 0.5) is 0 Å². The number of hydrogen-bond donors (Lipinski definition) is 1. The number of nitrogens with zero attached hydrogens (tertiary/aromatic N) is 1. The molecule has 1 N–H and O–H groups in total. The number of rotatable bonds is 2. The first-order chi connectivity index (χ1) is 8.64. The van der Waals surface area contributed by atoms with Crippen LogP contribution in [-0.4, -0.2) is 41.0 Å². The summed E-state index contributed by atoms with van der Waals surface area (Å²) in [7, 11) is 0. The van der Waals surface area contributed by atoms with E-state index in [1.165, 1.54) is 16.2 Å². The molecule has 2 aliphatic heterocycles. The van der Waals surface area contributed by atoms with Crippen molar-refractivity contribution >= 4 is 11.8 Å². The summed E-state index contributed by atoms with van der Waals surface area (Å²) in [5.41, 5.74) is 1.10. The Bertz CT molecular complexity index is 422. The number of benzene rings is 1. The van der Waals surface area contributed by atoms with E-state index in [9.17, 15) is 5.11 Å². The zero-order chi connectivity index (χ0) is 12.6. The third-order valence-corrected chi connectivity index (χ3v) is 5.46. The maximum absolute atomic E-state index is 9.98. The number of thioether (sulfide) groups is 1. The maximum atomic E-state index is 9.98. The molecule has 1 aromatic rings. The molecule has 1 atom stereocenters. The van der Waals surface area contributed by atoms with Gasteiger partial charge < -0.3 is 10.0 Å². The van der Waals surface area contributed by atoms with Crippen LogP contribution < -0.4 is 0 Å². The minimum absolute atomic E-state index is 0.432. The Morgan fingerprint density at radius 3 is 2.83 bits per heavy atom. The molecule has 18 heavy (non-hydrogen) atoms. The Kier molecular flexibility index (Phi) is 3.39. The Hall–Kier alpha value is -0.510. The van der Waals surface area contributed by atoms with E-state index < -0.39 is 5.60 Å². The highest BCUT2D eigenvalue weighted by molar-refractivity contribution is 7.99. The molecule has 1 aromatic carbocycles. The van der Waals surface area contributed by atoms with Crippen LogP contribution in [0.15, 0.2) is 29.2 Å². The van der Waals surface area contributed by atoms with E-state index in [1.807, 2.05) is 18.7 Å². The number of likely N-dealkylation sites (tertiary alicyclic amines) is 1. The van der Waals surface area contributed by atoms with Crippen molar-refractivity contribution in [1.29, 1.82) is 0 Å². The second-order valence-corrected chi connectivity index (χ2v) is 6.91. The highest BCUT2D eigenvalue weighted by Gasteiger charge is 2.30. The van der Waals surface area contributed by atoms with Crippen molar-refractivity contribution < 1.29 is 5.11 Å². The van der Waals surface area contributed by atoms with Gasteiger partial charge >= 0.3 is 0 Å². The fraction of sp³-hybridized carbons (Fsp3) is 0.600. The maximum Gasteiger partial charge on any atom is 0.0644 e. The summed E-state index contributed by atoms with van der Waals surface area (Å²) in [4.78, 5) is 3.98. The summed E-state index contributed by atoms with van der Waals surface area (Å²) in [6.07, 6.45) is 1.82. The first-order valence-electron chi connectivity index (χ1n) is 6.80. The summed E-state index contributed by atoms with van der Waals surface area (Å²) in [5, 5.41) is 9.98. The van der Waals surface area contributed by atoms with E-state index in [1.54, 1.807) is 0 Å². The van der Waals surface area contributed by atoms with E-state index in [-0.39, 0.29) is 0 Å². The smallest absolute Gasteiger partial charge is 0.0644 e. The number of hydrogen-bond acceptors (Lipinski definition) is 3. The molecule has 98 valence electrons. The first kappa shape index (κ1) is 12.5. The zero-order valence-electron chi connectivity index (χ0n) is 10.9. The minimum Gasteiger partial charge on any atom is -0.390 e. The van der Waals surface area contributed by atoms with Crippen LogP contribution in [0.1, 0.15) is 31.2 Å². The molecule has 1 saturated heterocycles. The average Bonchev–Trinajstić information content (AvgIpc) is 2.76.